The van der Waals surface area contributed by atoms with Crippen molar-refractivity contribution in [1.29, 1.82) is 0 Å². The van der Waals surface area contributed by atoms with Crippen molar-refractivity contribution < 1.29 is 19.1 Å². The first-order valence-electron chi connectivity index (χ1n) is 16.3. The van der Waals surface area contributed by atoms with Gasteiger partial charge in [0.1, 0.15) is 11.4 Å². The van der Waals surface area contributed by atoms with Gasteiger partial charge in [-0.3, -0.25) is 9.52 Å². The highest BCUT2D eigenvalue weighted by atomic mass is 35.5. The number of nitrogens with one attached hydrogen (secondary N) is 1. The van der Waals surface area contributed by atoms with E-state index in [-0.39, 0.29) is 23.3 Å². The fourth-order valence-corrected chi connectivity index (χ4v) is 8.03. The number of aryl methyl sites for hydroxylation is 1. The molecular formula is C35H46ClN3O4S. The summed E-state index contributed by atoms with van der Waals surface area (Å²) in [5.74, 6) is 1.93. The average Bonchev–Trinajstić information content (AvgIpc) is 3.10. The lowest BCUT2D eigenvalue weighted by atomic mass is 9.70. The van der Waals surface area contributed by atoms with Crippen molar-refractivity contribution in [2.75, 3.05) is 37.7 Å². The number of amides is 2. The number of nitrogens with zero attached hydrogens (tertiary/aromatic N) is 2. The number of carbonyl (C=O) groups excluding carboxylic acids is 2. The standard InChI is InChI=1S/C35H46ClN3O4S/c1-34(2,3)43-33(41)38-16-13-24(14-17-38)18-32(40)37-44-28-10-12-31-30(20-28)39(21-25-6-4-7-25)22-35(23-42-31)15-5-8-26-19-27(36)9-11-29(26)35/h9-12,19-20,24-25H,4-8,13-18,21-23H2,1-3H3,(H,37,40). The minimum atomic E-state index is -0.501. The van der Waals surface area contributed by atoms with Crippen molar-refractivity contribution in [3.05, 3.63) is 52.5 Å². The Hall–Kier alpha value is -2.58. The summed E-state index contributed by atoms with van der Waals surface area (Å²) in [7, 11) is 0. The third kappa shape index (κ3) is 7.28. The summed E-state index contributed by atoms with van der Waals surface area (Å²) in [6.45, 7) is 9.51. The summed E-state index contributed by atoms with van der Waals surface area (Å²) < 4.78 is 15.2. The highest BCUT2D eigenvalue weighted by molar-refractivity contribution is 7.98. The number of piperidine rings is 1. The van der Waals surface area contributed by atoms with E-state index in [9.17, 15) is 9.59 Å². The van der Waals surface area contributed by atoms with Crippen molar-refractivity contribution in [3.8, 4) is 5.75 Å². The van der Waals surface area contributed by atoms with Gasteiger partial charge in [-0.15, -0.1) is 0 Å². The van der Waals surface area contributed by atoms with E-state index in [4.69, 9.17) is 21.1 Å². The quantitative estimate of drug-likeness (QED) is 0.326. The molecule has 44 heavy (non-hydrogen) atoms. The summed E-state index contributed by atoms with van der Waals surface area (Å²) in [4.78, 5) is 30.7. The molecular weight excluding hydrogens is 594 g/mol. The Bertz CT molecular complexity index is 1370. The summed E-state index contributed by atoms with van der Waals surface area (Å²) >= 11 is 7.79. The van der Waals surface area contributed by atoms with Crippen molar-refractivity contribution in [2.24, 2.45) is 11.8 Å². The van der Waals surface area contributed by atoms with Crippen molar-refractivity contribution in [3.63, 3.8) is 0 Å². The molecule has 0 aromatic heterocycles. The van der Waals surface area contributed by atoms with E-state index in [0.717, 1.165) is 66.5 Å². The van der Waals surface area contributed by atoms with Crippen molar-refractivity contribution in [2.45, 2.75) is 94.5 Å². The van der Waals surface area contributed by atoms with Gasteiger partial charge in [-0.2, -0.15) is 0 Å². The number of likely N-dealkylation sites (tertiary alicyclic amines) is 1. The number of hydrogen-bond donors (Lipinski definition) is 1. The molecule has 0 bridgehead atoms. The number of rotatable bonds is 6. The molecule has 2 fully saturated rings. The molecule has 2 aliphatic carbocycles. The van der Waals surface area contributed by atoms with Gasteiger partial charge in [0.2, 0.25) is 5.91 Å². The van der Waals surface area contributed by atoms with Gasteiger partial charge in [-0.1, -0.05) is 24.1 Å². The Morgan fingerprint density at radius 1 is 1.07 bits per heavy atom. The van der Waals surface area contributed by atoms with Gasteiger partial charge in [0.15, 0.2) is 0 Å². The summed E-state index contributed by atoms with van der Waals surface area (Å²) in [6, 6.07) is 12.7. The first kappa shape index (κ1) is 31.4. The van der Waals surface area contributed by atoms with Gasteiger partial charge in [0.05, 0.1) is 12.3 Å². The normalized spacial score (nSPS) is 22.4. The minimum Gasteiger partial charge on any atom is -0.490 e. The topological polar surface area (TPSA) is 71.1 Å². The van der Waals surface area contributed by atoms with E-state index in [0.29, 0.717) is 32.0 Å². The SMILES string of the molecule is CC(C)(C)OC(=O)N1CCC(CC(=O)NSc2ccc3c(c2)N(CC2CCC2)CC2(CCCc4cc(Cl)ccc42)CO3)CC1. The molecule has 0 radical (unpaired) electrons. The molecule has 1 N–H and O–H groups in total. The van der Waals surface area contributed by atoms with Crippen LogP contribution in [0.3, 0.4) is 0 Å². The van der Waals surface area contributed by atoms with Crippen LogP contribution in [0.4, 0.5) is 10.5 Å². The van der Waals surface area contributed by atoms with Crippen LogP contribution in [0.25, 0.3) is 0 Å². The molecule has 9 heteroatoms. The summed E-state index contributed by atoms with van der Waals surface area (Å²) in [5, 5.41) is 0.805. The second-order valence-electron chi connectivity index (χ2n) is 14.3. The predicted octanol–water partition coefficient (Wildman–Crippen LogP) is 7.77. The molecule has 1 saturated carbocycles. The maximum absolute atomic E-state index is 12.9. The smallest absolute Gasteiger partial charge is 0.410 e. The van der Waals surface area contributed by atoms with Crippen LogP contribution in [-0.2, 0) is 21.4 Å². The van der Waals surface area contributed by atoms with Crippen LogP contribution in [-0.4, -0.2) is 55.3 Å². The van der Waals surface area contributed by atoms with Crippen LogP contribution < -0.4 is 14.4 Å². The fraction of sp³-hybridized carbons (Fsp3) is 0.600. The predicted molar refractivity (Wildman–Crippen MR) is 177 cm³/mol. The molecule has 6 rings (SSSR count). The van der Waals surface area contributed by atoms with Crippen LogP contribution in [0.1, 0.15) is 83.3 Å². The molecule has 1 spiro atoms. The lowest BCUT2D eigenvalue weighted by Gasteiger charge is -2.42. The average molecular weight is 640 g/mol. The maximum Gasteiger partial charge on any atom is 0.410 e. The van der Waals surface area contributed by atoms with Gasteiger partial charge in [-0.25, -0.2) is 4.79 Å². The molecule has 2 aromatic carbocycles. The molecule has 7 nitrogen and oxygen atoms in total. The number of benzene rings is 2. The largest absolute Gasteiger partial charge is 0.490 e. The molecule has 1 saturated heterocycles. The summed E-state index contributed by atoms with van der Waals surface area (Å²) in [5.41, 5.74) is 3.30. The number of ether oxygens (including phenoxy) is 2. The van der Waals surface area contributed by atoms with Crippen LogP contribution >= 0.6 is 23.5 Å². The second kappa shape index (κ2) is 13.0. The van der Waals surface area contributed by atoms with Gasteiger partial charge < -0.3 is 19.3 Å². The fourth-order valence-electron chi connectivity index (χ4n) is 7.21. The Balaban J connectivity index is 1.10. The Morgan fingerprint density at radius 2 is 1.86 bits per heavy atom. The first-order valence-corrected chi connectivity index (χ1v) is 17.5. The van der Waals surface area contributed by atoms with E-state index >= 15 is 0 Å². The van der Waals surface area contributed by atoms with Gasteiger partial charge >= 0.3 is 6.09 Å². The lowest BCUT2D eigenvalue weighted by Crippen LogP contribution is -2.47. The van der Waals surface area contributed by atoms with Crippen LogP contribution in [0.2, 0.25) is 5.02 Å². The van der Waals surface area contributed by atoms with Crippen LogP contribution in [0, 0.1) is 11.8 Å². The number of anilines is 1. The summed E-state index contributed by atoms with van der Waals surface area (Å²) in [6.07, 6.45) is 9.00. The molecule has 2 amide bonds. The third-order valence-electron chi connectivity index (χ3n) is 9.74. The Morgan fingerprint density at radius 3 is 2.59 bits per heavy atom. The van der Waals surface area contributed by atoms with Gasteiger partial charge in [0, 0.05) is 47.9 Å². The van der Waals surface area contributed by atoms with Crippen molar-refractivity contribution >= 4 is 41.2 Å². The van der Waals surface area contributed by atoms with E-state index in [1.54, 1.807) is 4.90 Å². The molecule has 1 atom stereocenters. The molecule has 2 aromatic rings. The zero-order valence-corrected chi connectivity index (χ0v) is 27.9. The van der Waals surface area contributed by atoms with Crippen LogP contribution in [0.5, 0.6) is 5.75 Å². The maximum atomic E-state index is 12.9. The molecule has 238 valence electrons. The van der Waals surface area contributed by atoms with Crippen molar-refractivity contribution in [1.82, 2.24) is 9.62 Å². The highest BCUT2D eigenvalue weighted by Crippen LogP contribution is 2.46. The zero-order chi connectivity index (χ0) is 30.9. The van der Waals surface area contributed by atoms with E-state index < -0.39 is 5.60 Å². The molecule has 2 aliphatic heterocycles. The van der Waals surface area contributed by atoms with E-state index in [1.807, 2.05) is 26.8 Å². The number of hydrogen-bond acceptors (Lipinski definition) is 6. The third-order valence-corrected chi connectivity index (χ3v) is 10.8. The monoisotopic (exact) mass is 639 g/mol. The molecule has 4 aliphatic rings. The zero-order valence-electron chi connectivity index (χ0n) is 26.3. The van der Waals surface area contributed by atoms with Gasteiger partial charge in [-0.05, 0) is 131 Å². The Labute approximate surface area is 271 Å². The van der Waals surface area contributed by atoms with E-state index in [1.165, 1.54) is 42.3 Å². The number of fused-ring (bicyclic) bond motifs is 3. The number of halogens is 1. The molecule has 2 heterocycles. The Kier molecular flexibility index (Phi) is 9.30. The number of carbonyl (C=O) groups is 2. The van der Waals surface area contributed by atoms with E-state index in [2.05, 4.69) is 40.0 Å². The molecule has 1 unspecified atom stereocenters. The minimum absolute atomic E-state index is 0.0275. The second-order valence-corrected chi connectivity index (χ2v) is 15.6. The van der Waals surface area contributed by atoms with Gasteiger partial charge in [0.25, 0.3) is 0 Å². The first-order chi connectivity index (χ1) is 21.1. The highest BCUT2D eigenvalue weighted by Gasteiger charge is 2.42. The lowest BCUT2D eigenvalue weighted by molar-refractivity contribution is -0.120. The van der Waals surface area contributed by atoms with Crippen LogP contribution in [0.15, 0.2) is 41.3 Å².